The maximum absolute atomic E-state index is 12.7. The van der Waals surface area contributed by atoms with E-state index in [4.69, 9.17) is 0 Å². The highest BCUT2D eigenvalue weighted by atomic mass is 79.9. The summed E-state index contributed by atoms with van der Waals surface area (Å²) in [6.07, 6.45) is 0. The Hall–Kier alpha value is -1.68. The van der Waals surface area contributed by atoms with Crippen molar-refractivity contribution in [2.45, 2.75) is 6.92 Å². The summed E-state index contributed by atoms with van der Waals surface area (Å²) in [6.45, 7) is 1.91. The molecule has 0 spiro atoms. The highest BCUT2D eigenvalue weighted by molar-refractivity contribution is 9.10. The molecular weight excluding hydrogens is 297 g/mol. The standard InChI is InChI=1S/C14H11BrFNO/c1-9-8-11(15)4-7-13(9)17-14(18)10-2-5-12(16)6-3-10/h2-8H,1H3,(H,17,18). The molecule has 1 amide bonds. The normalized spacial score (nSPS) is 10.2. The number of carbonyl (C=O) groups is 1. The third kappa shape index (κ3) is 2.96. The summed E-state index contributed by atoms with van der Waals surface area (Å²) < 4.78 is 13.7. The average molecular weight is 308 g/mol. The lowest BCUT2D eigenvalue weighted by atomic mass is 10.1. The number of hydrogen-bond acceptors (Lipinski definition) is 1. The van der Waals surface area contributed by atoms with Gasteiger partial charge < -0.3 is 5.32 Å². The zero-order chi connectivity index (χ0) is 13.1. The summed E-state index contributed by atoms with van der Waals surface area (Å²) in [4.78, 5) is 11.9. The first kappa shape index (κ1) is 12.8. The molecule has 0 radical (unpaired) electrons. The Bertz CT molecular complexity index is 581. The van der Waals surface area contributed by atoms with Gasteiger partial charge in [0, 0.05) is 15.7 Å². The zero-order valence-corrected chi connectivity index (χ0v) is 11.3. The molecule has 4 heteroatoms. The third-order valence-corrected chi connectivity index (χ3v) is 3.04. The number of nitrogens with one attached hydrogen (secondary N) is 1. The van der Waals surface area contributed by atoms with Gasteiger partial charge in [0.15, 0.2) is 0 Å². The molecule has 18 heavy (non-hydrogen) atoms. The molecule has 0 aromatic heterocycles. The maximum atomic E-state index is 12.7. The number of amides is 1. The monoisotopic (exact) mass is 307 g/mol. The fraction of sp³-hybridized carbons (Fsp3) is 0.0714. The first-order chi connectivity index (χ1) is 8.56. The van der Waals surface area contributed by atoms with Gasteiger partial charge in [0.2, 0.25) is 0 Å². The van der Waals surface area contributed by atoms with Gasteiger partial charge in [-0.3, -0.25) is 4.79 Å². The fourth-order valence-electron chi connectivity index (χ4n) is 1.56. The van der Waals surface area contributed by atoms with E-state index in [1.807, 2.05) is 25.1 Å². The van der Waals surface area contributed by atoms with Crippen molar-refractivity contribution in [2.24, 2.45) is 0 Å². The Morgan fingerprint density at radius 3 is 2.44 bits per heavy atom. The second-order valence-corrected chi connectivity index (χ2v) is 4.84. The SMILES string of the molecule is Cc1cc(Br)ccc1NC(=O)c1ccc(F)cc1. The lowest BCUT2D eigenvalue weighted by molar-refractivity contribution is 0.102. The topological polar surface area (TPSA) is 29.1 Å². The molecule has 0 saturated heterocycles. The minimum Gasteiger partial charge on any atom is -0.322 e. The smallest absolute Gasteiger partial charge is 0.255 e. The van der Waals surface area contributed by atoms with Crippen molar-refractivity contribution in [2.75, 3.05) is 5.32 Å². The number of anilines is 1. The average Bonchev–Trinajstić information content (AvgIpc) is 2.33. The van der Waals surface area contributed by atoms with Crippen LogP contribution in [0, 0.1) is 12.7 Å². The third-order valence-electron chi connectivity index (χ3n) is 2.54. The fourth-order valence-corrected chi connectivity index (χ4v) is 2.04. The molecule has 0 bridgehead atoms. The summed E-state index contributed by atoms with van der Waals surface area (Å²) in [7, 11) is 0. The Morgan fingerprint density at radius 2 is 1.83 bits per heavy atom. The molecule has 0 aliphatic carbocycles. The molecule has 0 unspecified atom stereocenters. The van der Waals surface area contributed by atoms with Crippen LogP contribution in [0.5, 0.6) is 0 Å². The molecule has 92 valence electrons. The first-order valence-electron chi connectivity index (χ1n) is 5.39. The van der Waals surface area contributed by atoms with Gasteiger partial charge in [0.05, 0.1) is 0 Å². The second-order valence-electron chi connectivity index (χ2n) is 3.92. The minimum absolute atomic E-state index is 0.250. The molecule has 0 fully saturated rings. The molecule has 1 N–H and O–H groups in total. The Morgan fingerprint density at radius 1 is 1.17 bits per heavy atom. The number of aryl methyl sites for hydroxylation is 1. The molecular formula is C14H11BrFNO. The van der Waals surface area contributed by atoms with Crippen LogP contribution in [-0.4, -0.2) is 5.91 Å². The van der Waals surface area contributed by atoms with Crippen LogP contribution in [-0.2, 0) is 0 Å². The van der Waals surface area contributed by atoms with E-state index in [0.29, 0.717) is 5.56 Å². The quantitative estimate of drug-likeness (QED) is 0.887. The van der Waals surface area contributed by atoms with Crippen LogP contribution >= 0.6 is 15.9 Å². The van der Waals surface area contributed by atoms with Crippen LogP contribution in [0.2, 0.25) is 0 Å². The lowest BCUT2D eigenvalue weighted by Gasteiger charge is -2.08. The van der Waals surface area contributed by atoms with Gasteiger partial charge in [-0.2, -0.15) is 0 Å². The van der Waals surface area contributed by atoms with Crippen LogP contribution in [0.3, 0.4) is 0 Å². The van der Waals surface area contributed by atoms with Gasteiger partial charge in [0.1, 0.15) is 5.82 Å². The van der Waals surface area contributed by atoms with Crippen LogP contribution in [0.1, 0.15) is 15.9 Å². The Balaban J connectivity index is 2.18. The number of rotatable bonds is 2. The van der Waals surface area contributed by atoms with Crippen molar-refractivity contribution in [1.29, 1.82) is 0 Å². The van der Waals surface area contributed by atoms with Gasteiger partial charge in [-0.05, 0) is 55.0 Å². The minimum atomic E-state index is -0.355. The van der Waals surface area contributed by atoms with E-state index in [0.717, 1.165) is 15.7 Å². The maximum Gasteiger partial charge on any atom is 0.255 e. The predicted octanol–water partition coefficient (Wildman–Crippen LogP) is 4.15. The predicted molar refractivity (Wildman–Crippen MR) is 73.2 cm³/mol. The van der Waals surface area contributed by atoms with Crippen molar-refractivity contribution < 1.29 is 9.18 Å². The first-order valence-corrected chi connectivity index (χ1v) is 6.18. The van der Waals surface area contributed by atoms with Crippen molar-refractivity contribution in [3.8, 4) is 0 Å². The summed E-state index contributed by atoms with van der Waals surface area (Å²) in [6, 6.07) is 11.0. The van der Waals surface area contributed by atoms with Crippen LogP contribution in [0.15, 0.2) is 46.9 Å². The summed E-state index contributed by atoms with van der Waals surface area (Å²) in [5, 5.41) is 2.79. The summed E-state index contributed by atoms with van der Waals surface area (Å²) in [5.74, 6) is -0.605. The Kier molecular flexibility index (Phi) is 3.77. The largest absolute Gasteiger partial charge is 0.322 e. The van der Waals surface area contributed by atoms with Crippen molar-refractivity contribution in [3.63, 3.8) is 0 Å². The van der Waals surface area contributed by atoms with E-state index in [1.165, 1.54) is 24.3 Å². The van der Waals surface area contributed by atoms with E-state index in [2.05, 4.69) is 21.2 Å². The van der Waals surface area contributed by atoms with Crippen LogP contribution < -0.4 is 5.32 Å². The molecule has 0 aliphatic rings. The summed E-state index contributed by atoms with van der Waals surface area (Å²) in [5.41, 5.74) is 2.13. The number of carbonyl (C=O) groups excluding carboxylic acids is 1. The van der Waals surface area contributed by atoms with Gasteiger partial charge in [-0.1, -0.05) is 15.9 Å². The Labute approximate surface area is 113 Å². The highest BCUT2D eigenvalue weighted by Crippen LogP contribution is 2.20. The molecule has 0 aliphatic heterocycles. The van der Waals surface area contributed by atoms with Gasteiger partial charge in [-0.25, -0.2) is 4.39 Å². The van der Waals surface area contributed by atoms with E-state index in [9.17, 15) is 9.18 Å². The van der Waals surface area contributed by atoms with Crippen LogP contribution in [0.4, 0.5) is 10.1 Å². The molecule has 2 rings (SSSR count). The van der Waals surface area contributed by atoms with Gasteiger partial charge >= 0.3 is 0 Å². The van der Waals surface area contributed by atoms with E-state index in [-0.39, 0.29) is 11.7 Å². The molecule has 0 saturated carbocycles. The van der Waals surface area contributed by atoms with E-state index in [1.54, 1.807) is 0 Å². The molecule has 0 atom stereocenters. The molecule has 2 aromatic rings. The summed E-state index contributed by atoms with van der Waals surface area (Å²) >= 11 is 3.36. The van der Waals surface area contributed by atoms with Crippen molar-refractivity contribution in [1.82, 2.24) is 0 Å². The van der Waals surface area contributed by atoms with Gasteiger partial charge in [0.25, 0.3) is 5.91 Å². The molecule has 2 aromatic carbocycles. The van der Waals surface area contributed by atoms with Crippen LogP contribution in [0.25, 0.3) is 0 Å². The molecule has 2 nitrogen and oxygen atoms in total. The van der Waals surface area contributed by atoms with E-state index >= 15 is 0 Å². The number of hydrogen-bond donors (Lipinski definition) is 1. The second kappa shape index (κ2) is 5.31. The molecule has 0 heterocycles. The number of halogens is 2. The zero-order valence-electron chi connectivity index (χ0n) is 9.71. The number of benzene rings is 2. The van der Waals surface area contributed by atoms with Crippen molar-refractivity contribution >= 4 is 27.5 Å². The van der Waals surface area contributed by atoms with Crippen molar-refractivity contribution in [3.05, 3.63) is 63.9 Å². The van der Waals surface area contributed by atoms with E-state index < -0.39 is 0 Å². The highest BCUT2D eigenvalue weighted by Gasteiger charge is 2.07. The lowest BCUT2D eigenvalue weighted by Crippen LogP contribution is -2.12. The van der Waals surface area contributed by atoms with Gasteiger partial charge in [-0.15, -0.1) is 0 Å².